The molecule has 0 aromatic carbocycles. The number of esters is 1. The van der Waals surface area contributed by atoms with E-state index in [2.05, 4.69) is 18.0 Å². The number of Topliss-reactive ketones (excluding diaryl/α,β-unsaturated/α-hetero) is 1. The second kappa shape index (κ2) is 12.8. The molecule has 0 radical (unpaired) electrons. The van der Waals surface area contributed by atoms with E-state index in [1.807, 2.05) is 45.0 Å². The Morgan fingerprint density at radius 2 is 1.97 bits per heavy atom. The molecular weight excluding hydrogens is 454 g/mol. The third kappa shape index (κ3) is 6.71. The number of aromatic nitrogens is 1. The minimum absolute atomic E-state index is 0.0184. The smallest absolute Gasteiger partial charge is 0.309 e. The van der Waals surface area contributed by atoms with Gasteiger partial charge < -0.3 is 14.9 Å². The minimum atomic E-state index is -1.12. The Hall–Kier alpha value is -2.31. The summed E-state index contributed by atoms with van der Waals surface area (Å²) in [6, 6.07) is 5.67. The highest BCUT2D eigenvalue weighted by Crippen LogP contribution is 2.48. The summed E-state index contributed by atoms with van der Waals surface area (Å²) in [4.78, 5) is 31.1. The number of hydrogen-bond donors (Lipinski definition) is 2. The van der Waals surface area contributed by atoms with Crippen LogP contribution in [0.5, 0.6) is 0 Å². The lowest BCUT2D eigenvalue weighted by molar-refractivity contribution is -0.162. The first-order valence-corrected chi connectivity index (χ1v) is 13.5. The fraction of sp³-hybridized carbons (Fsp3) is 0.633. The van der Waals surface area contributed by atoms with Crippen LogP contribution in [0.25, 0.3) is 6.08 Å². The van der Waals surface area contributed by atoms with E-state index in [1.54, 1.807) is 6.20 Å². The molecule has 1 fully saturated rings. The van der Waals surface area contributed by atoms with Crippen LogP contribution in [-0.2, 0) is 14.3 Å². The largest absolute Gasteiger partial charge is 0.457 e. The highest BCUT2D eigenvalue weighted by atomic mass is 16.5. The lowest BCUT2D eigenvalue weighted by Gasteiger charge is -2.46. The second-order valence-corrected chi connectivity index (χ2v) is 10.9. The molecule has 3 rings (SSSR count). The Labute approximate surface area is 215 Å². The number of pyridine rings is 1. The molecule has 1 aromatic rings. The normalized spacial score (nSPS) is 32.3. The second-order valence-electron chi connectivity index (χ2n) is 10.9. The van der Waals surface area contributed by atoms with Crippen molar-refractivity contribution in [2.45, 2.75) is 104 Å². The van der Waals surface area contributed by atoms with Gasteiger partial charge in [0.1, 0.15) is 11.9 Å². The molecule has 6 nitrogen and oxygen atoms in total. The zero-order valence-electron chi connectivity index (χ0n) is 22.3. The minimum Gasteiger partial charge on any atom is -0.457 e. The zero-order valence-corrected chi connectivity index (χ0v) is 22.3. The Morgan fingerprint density at radius 3 is 2.58 bits per heavy atom. The van der Waals surface area contributed by atoms with Gasteiger partial charge in [-0.25, -0.2) is 0 Å². The van der Waals surface area contributed by atoms with Crippen LogP contribution in [0.4, 0.5) is 0 Å². The van der Waals surface area contributed by atoms with E-state index in [4.69, 9.17) is 4.74 Å². The van der Waals surface area contributed by atoms with Gasteiger partial charge >= 0.3 is 5.97 Å². The molecular formula is C30H43NO5. The molecule has 2 N–H and O–H groups in total. The maximum Gasteiger partial charge on any atom is 0.309 e. The third-order valence-electron chi connectivity index (χ3n) is 8.26. The number of aliphatic hydroxyl groups is 2. The van der Waals surface area contributed by atoms with E-state index < -0.39 is 35.6 Å². The Kier molecular flexibility index (Phi) is 10.0. The van der Waals surface area contributed by atoms with Crippen LogP contribution >= 0.6 is 0 Å². The predicted molar refractivity (Wildman–Crippen MR) is 141 cm³/mol. The summed E-state index contributed by atoms with van der Waals surface area (Å²) in [5.74, 6) is -1.16. The standard InChI is InChI=1S/C30H43NO5/c1-5-24-28(34)21(3)11-8-10-20(2)13-14-25(22(4)18-23-12-6-7-17-31-23)36-27(33)19-26(32)30(29(24)35)15-9-16-30/h6-7,12-13,17-18,21,24-26,28,32,34H,5,8-11,14-16,19H2,1-4H3/b20-13-,22-18+/t21-,24-,25+,26-,28+/m0/s1. The zero-order chi connectivity index (χ0) is 26.3. The number of carbonyl (C=O) groups is 2. The monoisotopic (exact) mass is 497 g/mol. The molecule has 1 spiro atoms. The van der Waals surface area contributed by atoms with Crippen LogP contribution in [0, 0.1) is 17.3 Å². The van der Waals surface area contributed by atoms with E-state index in [-0.39, 0.29) is 18.1 Å². The van der Waals surface area contributed by atoms with E-state index in [9.17, 15) is 19.8 Å². The van der Waals surface area contributed by atoms with E-state index in [1.165, 1.54) is 5.57 Å². The average molecular weight is 498 g/mol. The average Bonchev–Trinajstić information content (AvgIpc) is 2.81. The van der Waals surface area contributed by atoms with Crippen molar-refractivity contribution < 1.29 is 24.5 Å². The number of rotatable bonds is 3. The molecule has 5 atom stereocenters. The van der Waals surface area contributed by atoms with Crippen molar-refractivity contribution in [3.8, 4) is 0 Å². The van der Waals surface area contributed by atoms with Gasteiger partial charge in [0.25, 0.3) is 0 Å². The third-order valence-corrected chi connectivity index (χ3v) is 8.26. The molecule has 0 bridgehead atoms. The maximum atomic E-state index is 13.7. The summed E-state index contributed by atoms with van der Waals surface area (Å²) in [6.07, 6.45) is 8.76. The first kappa shape index (κ1) is 28.3. The molecule has 0 saturated heterocycles. The van der Waals surface area contributed by atoms with Crippen molar-refractivity contribution in [1.29, 1.82) is 0 Å². The molecule has 0 unspecified atom stereocenters. The van der Waals surface area contributed by atoms with Gasteiger partial charge in [0, 0.05) is 18.5 Å². The summed E-state index contributed by atoms with van der Waals surface area (Å²) >= 11 is 0. The molecule has 198 valence electrons. The van der Waals surface area contributed by atoms with Crippen molar-refractivity contribution in [2.75, 3.05) is 0 Å². The Morgan fingerprint density at radius 1 is 1.22 bits per heavy atom. The molecule has 2 aliphatic rings. The van der Waals surface area contributed by atoms with Crippen LogP contribution < -0.4 is 0 Å². The van der Waals surface area contributed by atoms with Gasteiger partial charge in [-0.2, -0.15) is 0 Å². The Bertz CT molecular complexity index is 949. The highest BCUT2D eigenvalue weighted by molar-refractivity contribution is 5.89. The first-order valence-electron chi connectivity index (χ1n) is 13.5. The SMILES string of the molecule is CC[C@@H]1C(=O)C2(CCC2)[C@@H](O)CC(=O)O[C@@H](/C(C)=C/c2ccccn2)C/C=C(/C)CCC[C@H](C)[C@H]1O. The van der Waals surface area contributed by atoms with Crippen molar-refractivity contribution in [3.63, 3.8) is 0 Å². The number of hydrogen-bond acceptors (Lipinski definition) is 6. The van der Waals surface area contributed by atoms with E-state index in [0.717, 1.165) is 37.0 Å². The topological polar surface area (TPSA) is 96.7 Å². The summed E-state index contributed by atoms with van der Waals surface area (Å²) in [5, 5.41) is 22.2. The van der Waals surface area contributed by atoms with Gasteiger partial charge in [-0.15, -0.1) is 0 Å². The molecule has 1 saturated carbocycles. The maximum absolute atomic E-state index is 13.7. The van der Waals surface area contributed by atoms with Gasteiger partial charge in [-0.3, -0.25) is 14.6 Å². The summed E-state index contributed by atoms with van der Waals surface area (Å²) < 4.78 is 5.89. The van der Waals surface area contributed by atoms with Crippen LogP contribution in [0.2, 0.25) is 0 Å². The van der Waals surface area contributed by atoms with Gasteiger partial charge in [-0.1, -0.05) is 38.0 Å². The van der Waals surface area contributed by atoms with Gasteiger partial charge in [-0.05, 0) is 82.1 Å². The van der Waals surface area contributed by atoms with E-state index in [0.29, 0.717) is 25.7 Å². The predicted octanol–water partition coefficient (Wildman–Crippen LogP) is 5.43. The van der Waals surface area contributed by atoms with Crippen LogP contribution in [-0.4, -0.2) is 45.3 Å². The van der Waals surface area contributed by atoms with Crippen LogP contribution in [0.3, 0.4) is 0 Å². The van der Waals surface area contributed by atoms with Crippen LogP contribution in [0.1, 0.15) is 91.2 Å². The number of cyclic esters (lactones) is 1. The fourth-order valence-corrected chi connectivity index (χ4v) is 5.61. The van der Waals surface area contributed by atoms with Crippen molar-refractivity contribution in [1.82, 2.24) is 4.98 Å². The first-order chi connectivity index (χ1) is 17.2. The molecule has 2 heterocycles. The number of ether oxygens (including phenoxy) is 1. The number of allylic oxidation sites excluding steroid dienone is 1. The lowest BCUT2D eigenvalue weighted by Crippen LogP contribution is -2.53. The molecule has 0 amide bonds. The fourth-order valence-electron chi connectivity index (χ4n) is 5.61. The molecule has 1 aliphatic heterocycles. The van der Waals surface area contributed by atoms with Crippen molar-refractivity contribution in [2.24, 2.45) is 17.3 Å². The number of ketones is 1. The summed E-state index contributed by atoms with van der Waals surface area (Å²) in [7, 11) is 0. The highest BCUT2D eigenvalue weighted by Gasteiger charge is 2.53. The van der Waals surface area contributed by atoms with Crippen molar-refractivity contribution in [3.05, 3.63) is 47.3 Å². The van der Waals surface area contributed by atoms with Gasteiger partial charge in [0.05, 0.1) is 29.7 Å². The van der Waals surface area contributed by atoms with Gasteiger partial charge in [0.15, 0.2) is 0 Å². The van der Waals surface area contributed by atoms with E-state index >= 15 is 0 Å². The number of nitrogens with zero attached hydrogens (tertiary/aromatic N) is 1. The quantitative estimate of drug-likeness (QED) is 0.427. The van der Waals surface area contributed by atoms with Crippen LogP contribution in [0.15, 0.2) is 41.6 Å². The number of carbonyl (C=O) groups excluding carboxylic acids is 2. The van der Waals surface area contributed by atoms with Crippen molar-refractivity contribution >= 4 is 17.8 Å². The Balaban J connectivity index is 1.89. The molecule has 6 heteroatoms. The lowest BCUT2D eigenvalue weighted by atomic mass is 9.58. The molecule has 36 heavy (non-hydrogen) atoms. The van der Waals surface area contributed by atoms with Gasteiger partial charge in [0.2, 0.25) is 0 Å². The summed E-state index contributed by atoms with van der Waals surface area (Å²) in [5.41, 5.74) is 1.89. The summed E-state index contributed by atoms with van der Waals surface area (Å²) in [6.45, 7) is 7.92. The molecule has 1 aromatic heterocycles. The number of aliphatic hydroxyl groups excluding tert-OH is 2. The molecule has 1 aliphatic carbocycles.